The van der Waals surface area contributed by atoms with Crippen molar-refractivity contribution in [1.29, 1.82) is 0 Å². The molecular weight excluding hydrogens is 727 g/mol. The normalized spacial score (nSPS) is 14.9. The molecule has 0 spiro atoms. The summed E-state index contributed by atoms with van der Waals surface area (Å²) < 4.78 is 4.92. The number of aromatic nitrogens is 2. The first-order chi connectivity index (χ1) is 29.5. The third-order valence-corrected chi connectivity index (χ3v) is 13.4. The predicted octanol–water partition coefficient (Wildman–Crippen LogP) is 14.9. The van der Waals surface area contributed by atoms with E-state index in [2.05, 4.69) is 216 Å². The van der Waals surface area contributed by atoms with Gasteiger partial charge in [-0.05, 0) is 143 Å². The zero-order chi connectivity index (χ0) is 40.0. The van der Waals surface area contributed by atoms with E-state index in [1.807, 2.05) is 0 Å². The molecule has 9 aromatic rings. The molecule has 1 aliphatic heterocycles. The van der Waals surface area contributed by atoms with Gasteiger partial charge in [-0.25, -0.2) is 0 Å². The Bertz CT molecular complexity index is 3120. The number of fused-ring (bicyclic) bond motifs is 8. The lowest BCUT2D eigenvalue weighted by molar-refractivity contribution is 0.632. The van der Waals surface area contributed by atoms with Gasteiger partial charge in [-0.3, -0.25) is 0 Å². The highest BCUT2D eigenvalue weighted by molar-refractivity contribution is 6.09. The van der Waals surface area contributed by atoms with Gasteiger partial charge in [0.25, 0.3) is 0 Å². The third-order valence-electron chi connectivity index (χ3n) is 13.4. The molecule has 3 aliphatic rings. The number of nitrogens with zero attached hydrogens (tertiary/aromatic N) is 3. The van der Waals surface area contributed by atoms with Gasteiger partial charge in [-0.1, -0.05) is 129 Å². The molecule has 7 aromatic carbocycles. The SMILES string of the molecule is CC1(C)c2ccccc2N(c2cc(-c3ccc(-n4c5c(c6c4CCC=C6)CCC=C5)cc3)cc(-c3ccc(-n4c5ccccc5c5ccccc54)cc3)c2)c2ccccc21. The number of hydrogen-bond acceptors (Lipinski definition) is 1. The summed E-state index contributed by atoms with van der Waals surface area (Å²) in [6.45, 7) is 4.71. The van der Waals surface area contributed by atoms with E-state index in [4.69, 9.17) is 0 Å². The highest BCUT2D eigenvalue weighted by Gasteiger charge is 2.36. The zero-order valence-corrected chi connectivity index (χ0v) is 34.1. The lowest BCUT2D eigenvalue weighted by Gasteiger charge is -2.42. The molecule has 0 radical (unpaired) electrons. The van der Waals surface area contributed by atoms with Crippen LogP contribution in [0.15, 0.2) is 176 Å². The minimum absolute atomic E-state index is 0.134. The Kier molecular flexibility index (Phi) is 7.84. The average Bonchev–Trinajstić information content (AvgIpc) is 3.82. The van der Waals surface area contributed by atoms with Crippen molar-refractivity contribution >= 4 is 51.0 Å². The molecule has 60 heavy (non-hydrogen) atoms. The number of hydrogen-bond donors (Lipinski definition) is 0. The van der Waals surface area contributed by atoms with Crippen molar-refractivity contribution in [2.45, 2.75) is 44.9 Å². The number of allylic oxidation sites excluding steroid dienone is 2. The number of para-hydroxylation sites is 4. The fourth-order valence-corrected chi connectivity index (χ4v) is 10.6. The van der Waals surface area contributed by atoms with Crippen LogP contribution in [0.5, 0.6) is 0 Å². The average molecular weight is 772 g/mol. The van der Waals surface area contributed by atoms with Gasteiger partial charge in [0.1, 0.15) is 0 Å². The van der Waals surface area contributed by atoms with E-state index in [0.717, 1.165) is 37.1 Å². The van der Waals surface area contributed by atoms with Gasteiger partial charge in [0, 0.05) is 44.6 Å². The van der Waals surface area contributed by atoms with E-state index in [9.17, 15) is 0 Å². The largest absolute Gasteiger partial charge is 0.313 e. The van der Waals surface area contributed by atoms with Crippen molar-refractivity contribution in [3.05, 3.63) is 210 Å². The van der Waals surface area contributed by atoms with Crippen molar-refractivity contribution in [3.63, 3.8) is 0 Å². The van der Waals surface area contributed by atoms with E-state index < -0.39 is 0 Å². The Balaban J connectivity index is 1.02. The van der Waals surface area contributed by atoms with Crippen LogP contribution in [0.4, 0.5) is 17.1 Å². The Labute approximate surface area is 351 Å². The molecule has 0 N–H and O–H groups in total. The van der Waals surface area contributed by atoms with Gasteiger partial charge in [0.15, 0.2) is 0 Å². The Hall–Kier alpha value is -7.10. The van der Waals surface area contributed by atoms with Crippen LogP contribution in [0.25, 0.3) is 67.6 Å². The van der Waals surface area contributed by atoms with Crippen LogP contribution in [0.2, 0.25) is 0 Å². The quantitative estimate of drug-likeness (QED) is 0.170. The van der Waals surface area contributed by atoms with Gasteiger partial charge in [0.05, 0.1) is 22.4 Å². The molecular formula is C57H45N3. The second-order valence-corrected chi connectivity index (χ2v) is 17.2. The number of rotatable bonds is 5. The molecule has 3 nitrogen and oxygen atoms in total. The van der Waals surface area contributed by atoms with E-state index in [0.29, 0.717) is 0 Å². The van der Waals surface area contributed by atoms with Gasteiger partial charge in [-0.15, -0.1) is 0 Å². The Morgan fingerprint density at radius 1 is 0.450 bits per heavy atom. The summed E-state index contributed by atoms with van der Waals surface area (Å²) >= 11 is 0. The Morgan fingerprint density at radius 2 is 0.967 bits per heavy atom. The molecule has 3 heterocycles. The highest BCUT2D eigenvalue weighted by atomic mass is 15.2. The minimum Gasteiger partial charge on any atom is -0.313 e. The lowest BCUT2D eigenvalue weighted by Crippen LogP contribution is -2.30. The van der Waals surface area contributed by atoms with Crippen LogP contribution in [0.3, 0.4) is 0 Å². The topological polar surface area (TPSA) is 13.1 Å². The fourth-order valence-electron chi connectivity index (χ4n) is 10.6. The second-order valence-electron chi connectivity index (χ2n) is 17.2. The van der Waals surface area contributed by atoms with Crippen LogP contribution in [0, 0.1) is 0 Å². The van der Waals surface area contributed by atoms with Crippen LogP contribution < -0.4 is 4.90 Å². The summed E-state index contributed by atoms with van der Waals surface area (Å²) in [5.74, 6) is 0. The summed E-state index contributed by atoms with van der Waals surface area (Å²) in [6, 6.07) is 61.0. The first-order valence-corrected chi connectivity index (χ1v) is 21.5. The molecule has 0 saturated carbocycles. The van der Waals surface area contributed by atoms with E-state index in [1.165, 1.54) is 94.8 Å². The summed E-state index contributed by atoms with van der Waals surface area (Å²) in [7, 11) is 0. The molecule has 2 aliphatic carbocycles. The highest BCUT2D eigenvalue weighted by Crippen LogP contribution is 2.52. The molecule has 0 bridgehead atoms. The zero-order valence-electron chi connectivity index (χ0n) is 34.1. The standard InChI is InChI=1S/C57H45N3/c1-57(2)49-19-7-13-25-55(49)60(56-26-14-8-20-50(56)57)44-36-40(38-27-31-42(32-28-38)58-51-21-9-3-15-45(51)46-16-4-10-22-52(46)58)35-41(37-44)39-29-33-43(34-30-39)59-53-23-11-5-17-47(53)48-18-6-12-24-54(48)59/h3-5,7-10,12-17,19-22,24-37H,6,11,18,23H2,1-2H3. The van der Waals surface area contributed by atoms with Crippen molar-refractivity contribution in [2.75, 3.05) is 4.90 Å². The molecule has 3 heteroatoms. The summed E-state index contributed by atoms with van der Waals surface area (Å²) in [6.07, 6.45) is 13.8. The van der Waals surface area contributed by atoms with Crippen LogP contribution in [0.1, 0.15) is 60.3 Å². The first kappa shape index (κ1) is 34.9. The summed E-state index contributed by atoms with van der Waals surface area (Å²) in [5.41, 5.74) is 21.5. The molecule has 12 rings (SSSR count). The second kappa shape index (κ2) is 13.5. The summed E-state index contributed by atoms with van der Waals surface area (Å²) in [5, 5.41) is 2.55. The van der Waals surface area contributed by atoms with Crippen LogP contribution in [-0.2, 0) is 18.3 Å². The maximum absolute atomic E-state index is 2.53. The van der Waals surface area contributed by atoms with Crippen molar-refractivity contribution < 1.29 is 0 Å². The van der Waals surface area contributed by atoms with E-state index >= 15 is 0 Å². The maximum Gasteiger partial charge on any atom is 0.0541 e. The maximum atomic E-state index is 2.53. The van der Waals surface area contributed by atoms with Crippen LogP contribution >= 0.6 is 0 Å². The number of anilines is 3. The van der Waals surface area contributed by atoms with Gasteiger partial charge >= 0.3 is 0 Å². The van der Waals surface area contributed by atoms with Gasteiger partial charge in [0.2, 0.25) is 0 Å². The molecule has 0 fully saturated rings. The molecule has 0 atom stereocenters. The van der Waals surface area contributed by atoms with E-state index in [-0.39, 0.29) is 5.41 Å². The molecule has 0 unspecified atom stereocenters. The monoisotopic (exact) mass is 771 g/mol. The summed E-state index contributed by atoms with van der Waals surface area (Å²) in [4.78, 5) is 2.49. The van der Waals surface area contributed by atoms with Gasteiger partial charge < -0.3 is 14.0 Å². The van der Waals surface area contributed by atoms with Crippen molar-refractivity contribution in [1.82, 2.24) is 9.13 Å². The predicted molar refractivity (Wildman–Crippen MR) is 253 cm³/mol. The van der Waals surface area contributed by atoms with Gasteiger partial charge in [-0.2, -0.15) is 0 Å². The third kappa shape index (κ3) is 5.28. The number of benzene rings is 7. The molecule has 0 amide bonds. The van der Waals surface area contributed by atoms with Crippen molar-refractivity contribution in [2.24, 2.45) is 0 Å². The minimum atomic E-state index is -0.134. The fraction of sp³-hybridized carbons (Fsp3) is 0.123. The lowest BCUT2D eigenvalue weighted by atomic mass is 9.73. The molecule has 0 saturated heterocycles. The molecule has 2 aromatic heterocycles. The smallest absolute Gasteiger partial charge is 0.0541 e. The molecule has 288 valence electrons. The van der Waals surface area contributed by atoms with Crippen LogP contribution in [-0.4, -0.2) is 9.13 Å². The Morgan fingerprint density at radius 3 is 1.58 bits per heavy atom. The van der Waals surface area contributed by atoms with Crippen molar-refractivity contribution in [3.8, 4) is 33.6 Å². The first-order valence-electron chi connectivity index (χ1n) is 21.5. The van der Waals surface area contributed by atoms with E-state index in [1.54, 1.807) is 0 Å².